The molecule has 216 valence electrons. The molecule has 3 amide bonds. The van der Waals surface area contributed by atoms with Crippen LogP contribution in [0, 0.1) is 5.82 Å². The van der Waals surface area contributed by atoms with E-state index in [9.17, 15) is 28.7 Å². The molecule has 5 rings (SSSR count). The lowest BCUT2D eigenvalue weighted by Crippen LogP contribution is -2.54. The highest BCUT2D eigenvalue weighted by Crippen LogP contribution is 2.23. The summed E-state index contributed by atoms with van der Waals surface area (Å²) < 4.78 is 21.3. The van der Waals surface area contributed by atoms with E-state index in [0.717, 1.165) is 16.7 Å². The Labute approximate surface area is 237 Å². The van der Waals surface area contributed by atoms with Crippen molar-refractivity contribution in [3.05, 3.63) is 99.3 Å². The van der Waals surface area contributed by atoms with Crippen LogP contribution in [-0.4, -0.2) is 60.2 Å². The zero-order chi connectivity index (χ0) is 30.0. The minimum atomic E-state index is -0.849. The Morgan fingerprint density at radius 3 is 2.36 bits per heavy atom. The summed E-state index contributed by atoms with van der Waals surface area (Å²) in [4.78, 5) is 61.0. The van der Waals surface area contributed by atoms with Gasteiger partial charge in [0.15, 0.2) is 0 Å². The van der Waals surface area contributed by atoms with E-state index in [1.54, 1.807) is 38.1 Å². The van der Waals surface area contributed by atoms with Crippen molar-refractivity contribution in [3.63, 3.8) is 0 Å². The third-order valence-electron chi connectivity index (χ3n) is 6.36. The van der Waals surface area contributed by atoms with E-state index in [-0.39, 0.29) is 42.1 Å². The molecule has 4 aromatic rings. The first-order valence-electron chi connectivity index (χ1n) is 12.9. The highest BCUT2D eigenvalue weighted by atomic mass is 19.1. The van der Waals surface area contributed by atoms with Gasteiger partial charge in [0, 0.05) is 24.0 Å². The number of ether oxygens (including phenoxy) is 1. The largest absolute Gasteiger partial charge is 0.439 e. The molecule has 1 fully saturated rings. The summed E-state index contributed by atoms with van der Waals surface area (Å²) in [5.74, 6) is -0.554. The standard InChI is InChI=1S/C28H26FN7O6/c1-16(2)35-14-22(26(39)36(28(35)41)19-7-3-17(29)4-8-19)25(38)32-18-5-9-21(10-6-18)42-24-11-23(30-15-31-24)33-27(40)34-12-20(37)13-34/h3-11,14-16,20,37H,12-13H2,1-2H3,(H,32,38)(H,30,31,33,40). The van der Waals surface area contributed by atoms with Crippen molar-refractivity contribution in [2.24, 2.45) is 0 Å². The molecule has 0 radical (unpaired) electrons. The molecule has 14 heteroatoms. The zero-order valence-corrected chi connectivity index (χ0v) is 22.5. The highest BCUT2D eigenvalue weighted by Gasteiger charge is 2.29. The van der Waals surface area contributed by atoms with Gasteiger partial charge in [0.05, 0.1) is 24.9 Å². The number of hydrogen-bond acceptors (Lipinski definition) is 8. The summed E-state index contributed by atoms with van der Waals surface area (Å²) >= 11 is 0. The van der Waals surface area contributed by atoms with Crippen molar-refractivity contribution in [2.75, 3.05) is 23.7 Å². The number of anilines is 2. The van der Waals surface area contributed by atoms with Crippen LogP contribution in [0.25, 0.3) is 5.69 Å². The van der Waals surface area contributed by atoms with Gasteiger partial charge >= 0.3 is 11.7 Å². The van der Waals surface area contributed by atoms with E-state index in [1.165, 1.54) is 40.2 Å². The number of β-amino-alcohol motifs (C(OH)–C–C–N with tert-alkyl or cyclic N) is 1. The summed E-state index contributed by atoms with van der Waals surface area (Å²) in [7, 11) is 0. The van der Waals surface area contributed by atoms with E-state index in [0.29, 0.717) is 11.4 Å². The zero-order valence-electron chi connectivity index (χ0n) is 22.5. The Morgan fingerprint density at radius 1 is 1.02 bits per heavy atom. The Bertz CT molecular complexity index is 1750. The van der Waals surface area contributed by atoms with Crippen LogP contribution in [0.3, 0.4) is 0 Å². The number of urea groups is 1. The predicted molar refractivity (Wildman–Crippen MR) is 150 cm³/mol. The molecule has 1 aliphatic heterocycles. The van der Waals surface area contributed by atoms with Gasteiger partial charge in [-0.2, -0.15) is 0 Å². The maximum Gasteiger partial charge on any atom is 0.335 e. The molecule has 2 aromatic carbocycles. The minimum absolute atomic E-state index is 0.128. The monoisotopic (exact) mass is 575 g/mol. The van der Waals surface area contributed by atoms with E-state index in [2.05, 4.69) is 20.6 Å². The van der Waals surface area contributed by atoms with Crippen LogP contribution >= 0.6 is 0 Å². The highest BCUT2D eigenvalue weighted by molar-refractivity contribution is 6.03. The van der Waals surface area contributed by atoms with Crippen LogP contribution in [0.1, 0.15) is 30.2 Å². The first kappa shape index (κ1) is 28.2. The summed E-state index contributed by atoms with van der Waals surface area (Å²) in [6, 6.07) is 11.7. The van der Waals surface area contributed by atoms with Crippen LogP contribution < -0.4 is 26.6 Å². The molecular weight excluding hydrogens is 549 g/mol. The summed E-state index contributed by atoms with van der Waals surface area (Å²) in [5, 5.41) is 14.6. The van der Waals surface area contributed by atoms with Crippen molar-refractivity contribution >= 4 is 23.4 Å². The number of carbonyl (C=O) groups excluding carboxylic acids is 2. The molecule has 0 aliphatic carbocycles. The number of nitrogens with one attached hydrogen (secondary N) is 2. The van der Waals surface area contributed by atoms with Gasteiger partial charge in [-0.3, -0.25) is 19.5 Å². The Balaban J connectivity index is 1.31. The molecule has 0 saturated carbocycles. The summed E-state index contributed by atoms with van der Waals surface area (Å²) in [6.45, 7) is 3.95. The number of halogens is 1. The van der Waals surface area contributed by atoms with Crippen LogP contribution in [0.15, 0.2) is 76.7 Å². The normalized spacial score (nSPS) is 13.0. The van der Waals surface area contributed by atoms with Gasteiger partial charge in [-0.05, 0) is 62.4 Å². The smallest absolute Gasteiger partial charge is 0.335 e. The molecule has 1 saturated heterocycles. The summed E-state index contributed by atoms with van der Waals surface area (Å²) in [5.41, 5.74) is -1.32. The number of hydrogen-bond donors (Lipinski definition) is 3. The number of nitrogens with zero attached hydrogens (tertiary/aromatic N) is 5. The van der Waals surface area contributed by atoms with Gasteiger partial charge in [-0.1, -0.05) is 0 Å². The minimum Gasteiger partial charge on any atom is -0.439 e. The number of benzene rings is 2. The molecule has 42 heavy (non-hydrogen) atoms. The summed E-state index contributed by atoms with van der Waals surface area (Å²) in [6.07, 6.45) is 1.90. The fourth-order valence-electron chi connectivity index (χ4n) is 4.11. The van der Waals surface area contributed by atoms with Crippen LogP contribution in [-0.2, 0) is 0 Å². The van der Waals surface area contributed by atoms with Gasteiger partial charge in [-0.15, -0.1) is 0 Å². The maximum absolute atomic E-state index is 13.5. The van der Waals surface area contributed by atoms with Crippen molar-refractivity contribution in [2.45, 2.75) is 26.0 Å². The fraction of sp³-hybridized carbons (Fsp3) is 0.214. The van der Waals surface area contributed by atoms with E-state index in [4.69, 9.17) is 4.74 Å². The number of carbonyl (C=O) groups is 2. The van der Waals surface area contributed by atoms with Gasteiger partial charge in [0.2, 0.25) is 5.88 Å². The van der Waals surface area contributed by atoms with E-state index < -0.39 is 35.1 Å². The second-order valence-electron chi connectivity index (χ2n) is 9.75. The predicted octanol–water partition coefficient (Wildman–Crippen LogP) is 2.76. The molecule has 1 aliphatic rings. The van der Waals surface area contributed by atoms with Crippen LogP contribution in [0.5, 0.6) is 11.6 Å². The van der Waals surface area contributed by atoms with Crippen molar-refractivity contribution in [1.82, 2.24) is 24.0 Å². The van der Waals surface area contributed by atoms with Gasteiger partial charge in [-0.25, -0.2) is 28.5 Å². The van der Waals surface area contributed by atoms with Crippen LogP contribution in [0.2, 0.25) is 0 Å². The van der Waals surface area contributed by atoms with Crippen molar-refractivity contribution < 1.29 is 23.8 Å². The number of rotatable bonds is 7. The molecular formula is C28H26FN7O6. The number of aliphatic hydroxyl groups excluding tert-OH is 1. The molecule has 3 heterocycles. The SMILES string of the molecule is CC(C)n1cc(C(=O)Nc2ccc(Oc3cc(NC(=O)N4CC(O)C4)ncn3)cc2)c(=O)n(-c2ccc(F)cc2)c1=O. The number of aliphatic hydroxyl groups is 1. The molecule has 0 spiro atoms. The van der Waals surface area contributed by atoms with Gasteiger partial charge in [0.25, 0.3) is 11.5 Å². The molecule has 0 bridgehead atoms. The number of likely N-dealkylation sites (tertiary alicyclic amines) is 1. The van der Waals surface area contributed by atoms with Crippen molar-refractivity contribution in [3.8, 4) is 17.3 Å². The third-order valence-corrected chi connectivity index (χ3v) is 6.36. The third kappa shape index (κ3) is 6.02. The second-order valence-corrected chi connectivity index (χ2v) is 9.75. The Morgan fingerprint density at radius 2 is 1.71 bits per heavy atom. The number of amides is 3. The van der Waals surface area contributed by atoms with Gasteiger partial charge < -0.3 is 20.1 Å². The lowest BCUT2D eigenvalue weighted by molar-refractivity contribution is 0.0308. The average molecular weight is 576 g/mol. The molecule has 0 atom stereocenters. The van der Waals surface area contributed by atoms with E-state index in [1.807, 2.05) is 0 Å². The molecule has 3 N–H and O–H groups in total. The lowest BCUT2D eigenvalue weighted by Gasteiger charge is -2.35. The molecule has 13 nitrogen and oxygen atoms in total. The Kier molecular flexibility index (Phi) is 7.80. The van der Waals surface area contributed by atoms with Gasteiger partial charge in [0.1, 0.15) is 29.3 Å². The molecule has 0 unspecified atom stereocenters. The topological polar surface area (TPSA) is 161 Å². The maximum atomic E-state index is 13.5. The fourth-order valence-corrected chi connectivity index (χ4v) is 4.11. The Hall–Kier alpha value is -5.37. The molecule has 2 aromatic heterocycles. The van der Waals surface area contributed by atoms with Crippen LogP contribution in [0.4, 0.5) is 20.7 Å². The first-order chi connectivity index (χ1) is 20.1. The quantitative estimate of drug-likeness (QED) is 0.303. The average Bonchev–Trinajstić information content (AvgIpc) is 2.93. The first-order valence-corrected chi connectivity index (χ1v) is 12.9. The second kappa shape index (κ2) is 11.6. The van der Waals surface area contributed by atoms with E-state index >= 15 is 0 Å². The lowest BCUT2D eigenvalue weighted by atomic mass is 10.2. The van der Waals surface area contributed by atoms with Crippen molar-refractivity contribution in [1.29, 1.82) is 0 Å². The number of aromatic nitrogens is 4.